The third-order valence-electron chi connectivity index (χ3n) is 7.84. The molecule has 44 heavy (non-hydrogen) atoms. The molecule has 8 heteroatoms. The van der Waals surface area contributed by atoms with E-state index in [1.54, 1.807) is 13.0 Å². The van der Waals surface area contributed by atoms with E-state index in [4.69, 9.17) is 19.0 Å². The first-order valence-corrected chi connectivity index (χ1v) is 14.9. The largest absolute Gasteiger partial charge is 0.457 e. The molecule has 1 aliphatic heterocycles. The van der Waals surface area contributed by atoms with Crippen LogP contribution in [0.5, 0.6) is 0 Å². The molecule has 0 saturated carbocycles. The number of ketones is 1. The van der Waals surface area contributed by atoms with E-state index in [1.165, 1.54) is 0 Å². The van der Waals surface area contributed by atoms with Gasteiger partial charge in [-0.25, -0.2) is 9.69 Å². The zero-order chi connectivity index (χ0) is 31.1. The number of furan rings is 1. The van der Waals surface area contributed by atoms with Crippen molar-refractivity contribution in [3.05, 3.63) is 119 Å². The van der Waals surface area contributed by atoms with Crippen LogP contribution in [-0.2, 0) is 27.1 Å². The summed E-state index contributed by atoms with van der Waals surface area (Å²) in [5.41, 5.74) is 4.28. The number of cyclic esters (lactones) is 1. The predicted molar refractivity (Wildman–Crippen MR) is 165 cm³/mol. The lowest BCUT2D eigenvalue weighted by atomic mass is 9.91. The Bertz CT molecular complexity index is 1580. The quantitative estimate of drug-likeness (QED) is 0.109. The highest BCUT2D eigenvalue weighted by Gasteiger charge is 2.47. The van der Waals surface area contributed by atoms with E-state index >= 15 is 0 Å². The Hall–Kier alpha value is -4.53. The molecular weight excluding hydrogens is 558 g/mol. The summed E-state index contributed by atoms with van der Waals surface area (Å²) in [4.78, 5) is 42.6. The summed E-state index contributed by atoms with van der Waals surface area (Å²) < 4.78 is 17.3. The lowest BCUT2D eigenvalue weighted by Gasteiger charge is -2.23. The molecule has 3 aromatic carbocycles. The van der Waals surface area contributed by atoms with E-state index in [0.29, 0.717) is 25.2 Å². The smallest absolute Gasteiger partial charge is 0.417 e. The topological polar surface area (TPSA) is 106 Å². The molecule has 8 nitrogen and oxygen atoms in total. The van der Waals surface area contributed by atoms with Crippen LogP contribution in [0.3, 0.4) is 0 Å². The Labute approximate surface area is 257 Å². The molecule has 0 spiro atoms. The van der Waals surface area contributed by atoms with E-state index in [0.717, 1.165) is 32.7 Å². The van der Waals surface area contributed by atoms with E-state index < -0.39 is 35.8 Å². The van der Waals surface area contributed by atoms with Crippen molar-refractivity contribution < 1.29 is 33.4 Å². The number of rotatable bonds is 13. The standard InChI is InChI=1S/C36H37NO7/c1-24-11-9-16-28(21-24)29-23-32(43-31(29)17-10-19-42-20-18-38)33(39)30(22-26-12-5-3-6-13-26)35(40)37-25(2)34(44-36(37)41)27-14-7-4-8-15-27/h3-9,11-16,21,23,25,30,34,38H,10,17-20,22H2,1-2H3/t25-,30+,34-/m1/s1. The minimum atomic E-state index is -1.21. The number of carbonyl (C=O) groups excluding carboxylic acids is 3. The first-order chi connectivity index (χ1) is 21.4. The van der Waals surface area contributed by atoms with Gasteiger partial charge in [-0.05, 0) is 49.4 Å². The van der Waals surface area contributed by atoms with E-state index in [1.807, 2.05) is 91.9 Å². The molecule has 2 amide bonds. The van der Waals surface area contributed by atoms with E-state index in [2.05, 4.69) is 0 Å². The molecular formula is C36H37NO7. The van der Waals surface area contributed by atoms with Gasteiger partial charge in [0.2, 0.25) is 11.7 Å². The molecule has 0 unspecified atom stereocenters. The maximum absolute atomic E-state index is 14.2. The molecule has 5 rings (SSSR count). The van der Waals surface area contributed by atoms with Crippen molar-refractivity contribution in [2.45, 2.75) is 45.3 Å². The van der Waals surface area contributed by atoms with Crippen molar-refractivity contribution in [1.82, 2.24) is 4.90 Å². The summed E-state index contributed by atoms with van der Waals surface area (Å²) in [6.07, 6.45) is -0.213. The van der Waals surface area contributed by atoms with Gasteiger partial charge in [0.05, 0.1) is 19.3 Å². The number of aliphatic hydroxyl groups excluding tert-OH is 1. The van der Waals surface area contributed by atoms with Crippen molar-refractivity contribution in [2.24, 2.45) is 5.92 Å². The first-order valence-electron chi connectivity index (χ1n) is 14.9. The molecule has 0 aliphatic carbocycles. The summed E-state index contributed by atoms with van der Waals surface area (Å²) in [5, 5.41) is 9.01. The minimum absolute atomic E-state index is 0.0555. The fourth-order valence-electron chi connectivity index (χ4n) is 5.62. The van der Waals surface area contributed by atoms with Crippen molar-refractivity contribution >= 4 is 17.8 Å². The number of benzene rings is 3. The Morgan fingerprint density at radius 1 is 0.955 bits per heavy atom. The van der Waals surface area contributed by atoms with Crippen LogP contribution in [0.2, 0.25) is 0 Å². The van der Waals surface area contributed by atoms with Crippen LogP contribution in [0.1, 0.15) is 52.5 Å². The van der Waals surface area contributed by atoms with Crippen molar-refractivity contribution in [2.75, 3.05) is 19.8 Å². The minimum Gasteiger partial charge on any atom is -0.457 e. The molecule has 1 saturated heterocycles. The van der Waals surface area contributed by atoms with Gasteiger partial charge in [0, 0.05) is 18.6 Å². The van der Waals surface area contributed by atoms with Crippen molar-refractivity contribution in [1.29, 1.82) is 0 Å². The average Bonchev–Trinajstić information content (AvgIpc) is 3.60. The number of aliphatic hydroxyl groups is 1. The number of hydrogen-bond donors (Lipinski definition) is 1. The molecule has 2 heterocycles. The zero-order valence-electron chi connectivity index (χ0n) is 25.0. The first kappa shape index (κ1) is 30.9. The number of ether oxygens (including phenoxy) is 2. The molecule has 3 atom stereocenters. The lowest BCUT2D eigenvalue weighted by molar-refractivity contribution is -0.131. The maximum Gasteiger partial charge on any atom is 0.417 e. The Kier molecular flexibility index (Phi) is 10.0. The van der Waals surface area contributed by atoms with Gasteiger partial charge in [0.25, 0.3) is 0 Å². The highest BCUT2D eigenvalue weighted by atomic mass is 16.6. The van der Waals surface area contributed by atoms with Crippen LogP contribution >= 0.6 is 0 Å². The molecule has 4 aromatic rings. The van der Waals surface area contributed by atoms with Crippen LogP contribution in [0, 0.1) is 12.8 Å². The molecule has 1 N–H and O–H groups in total. The monoisotopic (exact) mass is 595 g/mol. The number of imide groups is 1. The number of Topliss-reactive ketones (excluding diaryl/α,β-unsaturated/α-hetero) is 1. The third-order valence-corrected chi connectivity index (χ3v) is 7.84. The Balaban J connectivity index is 1.47. The van der Waals surface area contributed by atoms with Gasteiger partial charge in [0.15, 0.2) is 5.76 Å². The molecule has 1 aliphatic rings. The number of carbonyl (C=O) groups is 3. The van der Waals surface area contributed by atoms with Crippen LogP contribution in [0.25, 0.3) is 11.1 Å². The third kappa shape index (κ3) is 6.98. The molecule has 0 bridgehead atoms. The van der Waals surface area contributed by atoms with Crippen LogP contribution in [0.15, 0.2) is 95.4 Å². The fourth-order valence-corrected chi connectivity index (χ4v) is 5.62. The molecule has 1 aromatic heterocycles. The molecule has 1 fully saturated rings. The SMILES string of the molecule is Cc1cccc(-c2cc(C(=O)[C@H](Cc3ccccc3)C(=O)N3C(=O)O[C@@H](c4ccccc4)[C@H]3C)oc2CCCOCCO)c1. The molecule has 228 valence electrons. The van der Waals surface area contributed by atoms with Crippen molar-refractivity contribution in [3.63, 3.8) is 0 Å². The van der Waals surface area contributed by atoms with Crippen LogP contribution in [-0.4, -0.2) is 53.7 Å². The lowest BCUT2D eigenvalue weighted by Crippen LogP contribution is -2.44. The number of aryl methyl sites for hydroxylation is 2. The van der Waals surface area contributed by atoms with E-state index in [9.17, 15) is 14.4 Å². The fraction of sp³-hybridized carbons (Fsp3) is 0.306. The summed E-state index contributed by atoms with van der Waals surface area (Å²) in [6, 6.07) is 27.5. The highest BCUT2D eigenvalue weighted by molar-refractivity contribution is 6.12. The summed E-state index contributed by atoms with van der Waals surface area (Å²) in [6.45, 7) is 4.36. The highest BCUT2D eigenvalue weighted by Crippen LogP contribution is 2.35. The second-order valence-corrected chi connectivity index (χ2v) is 11.0. The summed E-state index contributed by atoms with van der Waals surface area (Å²) >= 11 is 0. The normalized spacial score (nSPS) is 17.0. The van der Waals surface area contributed by atoms with Gasteiger partial charge in [-0.2, -0.15) is 0 Å². The maximum atomic E-state index is 14.2. The van der Waals surface area contributed by atoms with Gasteiger partial charge in [-0.1, -0.05) is 90.5 Å². The van der Waals surface area contributed by atoms with E-state index in [-0.39, 0.29) is 25.4 Å². The Morgan fingerprint density at radius 2 is 1.68 bits per heavy atom. The number of nitrogens with zero attached hydrogens (tertiary/aromatic N) is 1. The average molecular weight is 596 g/mol. The van der Waals surface area contributed by atoms with Gasteiger partial charge < -0.3 is 19.0 Å². The van der Waals surface area contributed by atoms with Gasteiger partial charge >= 0.3 is 6.09 Å². The van der Waals surface area contributed by atoms with Gasteiger partial charge in [-0.15, -0.1) is 0 Å². The van der Waals surface area contributed by atoms with Crippen LogP contribution < -0.4 is 0 Å². The summed E-state index contributed by atoms with van der Waals surface area (Å²) in [7, 11) is 0. The zero-order valence-corrected chi connectivity index (χ0v) is 25.0. The number of hydrogen-bond acceptors (Lipinski definition) is 7. The molecule has 0 radical (unpaired) electrons. The van der Waals surface area contributed by atoms with Crippen LogP contribution in [0.4, 0.5) is 4.79 Å². The summed E-state index contributed by atoms with van der Waals surface area (Å²) in [5.74, 6) is -1.67. The predicted octanol–water partition coefficient (Wildman–Crippen LogP) is 6.35. The Morgan fingerprint density at radius 3 is 2.39 bits per heavy atom. The second-order valence-electron chi connectivity index (χ2n) is 11.0. The second kappa shape index (κ2) is 14.3. The number of amides is 2. The van der Waals surface area contributed by atoms with Crippen molar-refractivity contribution in [3.8, 4) is 11.1 Å². The van der Waals surface area contributed by atoms with Gasteiger partial charge in [-0.3, -0.25) is 9.59 Å². The van der Waals surface area contributed by atoms with Gasteiger partial charge in [0.1, 0.15) is 17.8 Å².